The number of rotatable bonds is 3. The van der Waals surface area contributed by atoms with Crippen molar-refractivity contribution in [1.29, 1.82) is 0 Å². The van der Waals surface area contributed by atoms with Gasteiger partial charge in [-0.05, 0) is 111 Å². The predicted molar refractivity (Wildman–Crippen MR) is 106 cm³/mol. The van der Waals surface area contributed by atoms with Crippen molar-refractivity contribution in [1.82, 2.24) is 0 Å². The number of halogens is 3. The molecule has 0 unspecified atom stereocenters. The number of alkyl halides is 3. The van der Waals surface area contributed by atoms with Crippen molar-refractivity contribution in [3.8, 4) is 0 Å². The zero-order valence-corrected chi connectivity index (χ0v) is 17.9. The van der Waals surface area contributed by atoms with Crippen LogP contribution < -0.4 is 0 Å². The van der Waals surface area contributed by atoms with Crippen LogP contribution in [0.1, 0.15) is 91.4 Å². The molecular weight excluding hydrogens is 361 g/mol. The van der Waals surface area contributed by atoms with Gasteiger partial charge in [-0.3, -0.25) is 0 Å². The third kappa shape index (κ3) is 3.44. The van der Waals surface area contributed by atoms with E-state index in [0.29, 0.717) is 29.6 Å². The number of hydrogen-bond donors (Lipinski definition) is 1. The lowest BCUT2D eigenvalue weighted by molar-refractivity contribution is -0.143. The smallest absolute Gasteiger partial charge is 0.389 e. The molecule has 9 atom stereocenters. The Labute approximate surface area is 168 Å². The highest BCUT2D eigenvalue weighted by Crippen LogP contribution is 2.68. The fraction of sp³-hybridized carbons (Fsp3) is 1.00. The predicted octanol–water partition coefficient (Wildman–Crippen LogP) is 6.98. The first-order valence-electron chi connectivity index (χ1n) is 11.8. The van der Waals surface area contributed by atoms with E-state index in [4.69, 9.17) is 0 Å². The molecule has 0 bridgehead atoms. The van der Waals surface area contributed by atoms with Crippen LogP contribution in [0.25, 0.3) is 0 Å². The molecule has 4 heteroatoms. The third-order valence-corrected chi connectivity index (χ3v) is 10.3. The summed E-state index contributed by atoms with van der Waals surface area (Å²) < 4.78 is 38.3. The summed E-state index contributed by atoms with van der Waals surface area (Å²) in [4.78, 5) is 0. The summed E-state index contributed by atoms with van der Waals surface area (Å²) in [5.74, 6) is 3.53. The summed E-state index contributed by atoms with van der Waals surface area (Å²) in [6.07, 6.45) is 5.97. The normalized spacial score (nSPS) is 49.8. The average molecular weight is 401 g/mol. The molecule has 0 spiro atoms. The molecule has 0 saturated heterocycles. The van der Waals surface area contributed by atoms with Gasteiger partial charge in [-0.15, -0.1) is 0 Å². The summed E-state index contributed by atoms with van der Waals surface area (Å²) >= 11 is 0. The zero-order chi connectivity index (χ0) is 20.3. The van der Waals surface area contributed by atoms with Crippen molar-refractivity contribution in [3.63, 3.8) is 0 Å². The van der Waals surface area contributed by atoms with E-state index in [1.54, 1.807) is 0 Å². The highest BCUT2D eigenvalue weighted by molar-refractivity contribution is 5.09. The van der Waals surface area contributed by atoms with Gasteiger partial charge in [0.2, 0.25) is 0 Å². The van der Waals surface area contributed by atoms with Crippen molar-refractivity contribution in [3.05, 3.63) is 0 Å². The van der Waals surface area contributed by atoms with Crippen molar-refractivity contribution in [2.75, 3.05) is 0 Å². The quantitative estimate of drug-likeness (QED) is 0.541. The molecular formula is C24H39F3O. The van der Waals surface area contributed by atoms with Gasteiger partial charge in [0.05, 0.1) is 6.10 Å². The molecule has 4 aliphatic carbocycles. The maximum atomic E-state index is 12.8. The summed E-state index contributed by atoms with van der Waals surface area (Å²) in [6.45, 7) is 7.01. The molecule has 0 amide bonds. The maximum absolute atomic E-state index is 12.8. The first-order valence-corrected chi connectivity index (χ1v) is 11.8. The minimum Gasteiger partial charge on any atom is -0.393 e. The van der Waals surface area contributed by atoms with Crippen LogP contribution >= 0.6 is 0 Å². The van der Waals surface area contributed by atoms with Crippen LogP contribution in [0.15, 0.2) is 0 Å². The van der Waals surface area contributed by atoms with Gasteiger partial charge in [-0.1, -0.05) is 20.8 Å². The van der Waals surface area contributed by atoms with Gasteiger partial charge in [0, 0.05) is 6.42 Å². The van der Waals surface area contributed by atoms with Crippen molar-refractivity contribution < 1.29 is 18.3 Å². The number of fused-ring (bicyclic) bond motifs is 5. The van der Waals surface area contributed by atoms with Crippen molar-refractivity contribution in [2.24, 2.45) is 46.3 Å². The standard InChI is InChI=1S/C24H39F3O/c1-15(8-13-24(25,26)27)19-6-7-20-18-5-4-16-14-17(28)9-11-22(16,2)21(18)10-12-23(19,20)3/h15-21,28H,4-14H2,1-3H3/t15-,16-,17-,18+,19-,20+,21+,22+,23-/m1/s1. The summed E-state index contributed by atoms with van der Waals surface area (Å²) in [6, 6.07) is 0. The van der Waals surface area contributed by atoms with E-state index in [1.807, 2.05) is 0 Å². The topological polar surface area (TPSA) is 20.2 Å². The van der Waals surface area contributed by atoms with Crippen LogP contribution in [0.3, 0.4) is 0 Å². The minimum absolute atomic E-state index is 0.103. The molecule has 1 N–H and O–H groups in total. The molecule has 28 heavy (non-hydrogen) atoms. The second-order valence-electron chi connectivity index (χ2n) is 11.4. The lowest BCUT2D eigenvalue weighted by Gasteiger charge is -2.61. The second-order valence-corrected chi connectivity index (χ2v) is 11.4. The highest BCUT2D eigenvalue weighted by atomic mass is 19.4. The summed E-state index contributed by atoms with van der Waals surface area (Å²) in [7, 11) is 0. The van der Waals surface area contributed by atoms with Gasteiger partial charge < -0.3 is 5.11 Å². The Balaban J connectivity index is 1.49. The lowest BCUT2D eigenvalue weighted by atomic mass is 9.44. The first-order chi connectivity index (χ1) is 13.0. The maximum Gasteiger partial charge on any atom is 0.389 e. The molecule has 4 fully saturated rings. The van der Waals surface area contributed by atoms with Gasteiger partial charge >= 0.3 is 6.18 Å². The fourth-order valence-corrected chi connectivity index (χ4v) is 8.80. The SMILES string of the molecule is C[C@H](CCC(F)(F)F)[C@H]1CC[C@H]2[C@@H]3CC[C@@H]4C[C@H](O)CC[C@]4(C)[C@H]3CC[C@]12C. The Bertz CT molecular complexity index is 575. The molecule has 4 saturated carbocycles. The van der Waals surface area contributed by atoms with Crippen LogP contribution in [0.2, 0.25) is 0 Å². The number of aliphatic hydroxyl groups is 1. The van der Waals surface area contributed by atoms with E-state index in [1.165, 1.54) is 32.1 Å². The van der Waals surface area contributed by atoms with E-state index < -0.39 is 12.6 Å². The zero-order valence-electron chi connectivity index (χ0n) is 17.9. The molecule has 0 aromatic carbocycles. The van der Waals surface area contributed by atoms with Gasteiger partial charge in [0.25, 0.3) is 0 Å². The van der Waals surface area contributed by atoms with E-state index in [0.717, 1.165) is 37.5 Å². The van der Waals surface area contributed by atoms with Crippen molar-refractivity contribution in [2.45, 2.75) is 104 Å². The van der Waals surface area contributed by atoms with E-state index >= 15 is 0 Å². The fourth-order valence-electron chi connectivity index (χ4n) is 8.80. The number of hydrogen-bond acceptors (Lipinski definition) is 1. The van der Waals surface area contributed by atoms with Crippen molar-refractivity contribution >= 4 is 0 Å². The average Bonchev–Trinajstić information content (AvgIpc) is 2.97. The summed E-state index contributed by atoms with van der Waals surface area (Å²) in [5.41, 5.74) is 0.618. The van der Waals surface area contributed by atoms with E-state index in [2.05, 4.69) is 20.8 Å². The van der Waals surface area contributed by atoms with E-state index in [-0.39, 0.29) is 17.4 Å². The van der Waals surface area contributed by atoms with Gasteiger partial charge in [-0.25, -0.2) is 0 Å². The minimum atomic E-state index is -4.02. The Kier molecular flexibility index (Phi) is 5.37. The molecule has 162 valence electrons. The molecule has 4 aliphatic rings. The summed E-state index contributed by atoms with van der Waals surface area (Å²) in [5, 5.41) is 10.2. The van der Waals surface area contributed by atoms with Crippen LogP contribution in [0.5, 0.6) is 0 Å². The van der Waals surface area contributed by atoms with Crippen LogP contribution in [-0.4, -0.2) is 17.4 Å². The Morgan fingerprint density at radius 1 is 0.929 bits per heavy atom. The van der Waals surface area contributed by atoms with Gasteiger partial charge in [0.15, 0.2) is 0 Å². The molecule has 0 aliphatic heterocycles. The molecule has 1 nitrogen and oxygen atoms in total. The second kappa shape index (κ2) is 7.17. The molecule has 0 aromatic rings. The Morgan fingerprint density at radius 2 is 1.61 bits per heavy atom. The molecule has 0 aromatic heterocycles. The van der Waals surface area contributed by atoms with Crippen LogP contribution in [0.4, 0.5) is 13.2 Å². The molecule has 4 rings (SSSR count). The highest BCUT2D eigenvalue weighted by Gasteiger charge is 2.60. The number of aliphatic hydroxyl groups excluding tert-OH is 1. The lowest BCUT2D eigenvalue weighted by Crippen LogP contribution is -2.54. The molecule has 0 radical (unpaired) electrons. The van der Waals surface area contributed by atoms with E-state index in [9.17, 15) is 18.3 Å². The van der Waals surface area contributed by atoms with Gasteiger partial charge in [0.1, 0.15) is 0 Å². The first kappa shape index (κ1) is 21.0. The molecule has 0 heterocycles. The Morgan fingerprint density at radius 3 is 2.32 bits per heavy atom. The van der Waals surface area contributed by atoms with Crippen LogP contribution in [-0.2, 0) is 0 Å². The van der Waals surface area contributed by atoms with Crippen LogP contribution in [0, 0.1) is 46.3 Å². The van der Waals surface area contributed by atoms with Gasteiger partial charge in [-0.2, -0.15) is 13.2 Å². The Hall–Kier alpha value is -0.250. The largest absolute Gasteiger partial charge is 0.393 e. The third-order valence-electron chi connectivity index (χ3n) is 10.3. The monoisotopic (exact) mass is 400 g/mol.